The van der Waals surface area contributed by atoms with Crippen molar-refractivity contribution in [2.75, 3.05) is 26.4 Å². The third kappa shape index (κ3) is 18.3. The second-order valence-corrected chi connectivity index (χ2v) is 19.3. The van der Waals surface area contributed by atoms with E-state index in [9.17, 15) is 4.57 Å². The molecule has 4 rings (SSSR count). The fourth-order valence-corrected chi connectivity index (χ4v) is 7.70. The SMILES string of the molecule is CCCCc1ccc(N=Nc2ccc(OCCCCCCOP(=O)(OCCCCCCOc3ccc(N=Nc4ccc(CCCC)cc4)cc3)C(Cl)(Cl)Cl)cc2)cc1. The van der Waals surface area contributed by atoms with Crippen molar-refractivity contribution >= 4 is 65.1 Å². The van der Waals surface area contributed by atoms with Crippen molar-refractivity contribution in [1.29, 1.82) is 0 Å². The van der Waals surface area contributed by atoms with E-state index in [2.05, 4.69) is 58.6 Å². The van der Waals surface area contributed by atoms with Crippen LogP contribution < -0.4 is 9.47 Å². The van der Waals surface area contributed by atoms with Crippen LogP contribution in [-0.2, 0) is 26.5 Å². The van der Waals surface area contributed by atoms with Gasteiger partial charge in [-0.2, -0.15) is 20.5 Å². The number of alkyl halides is 3. The summed E-state index contributed by atoms with van der Waals surface area (Å²) in [6.07, 6.45) is 13.4. The molecule has 0 aliphatic carbocycles. The van der Waals surface area contributed by atoms with E-state index < -0.39 is 11.1 Å². The van der Waals surface area contributed by atoms with E-state index in [4.69, 9.17) is 53.3 Å². The van der Waals surface area contributed by atoms with Gasteiger partial charge in [0, 0.05) is 0 Å². The van der Waals surface area contributed by atoms with E-state index in [1.165, 1.54) is 36.8 Å². The molecule has 4 aromatic carbocycles. The Morgan fingerprint density at radius 1 is 0.448 bits per heavy atom. The number of unbranched alkanes of at least 4 members (excludes halogenated alkanes) is 8. The Kier molecular flexibility index (Phi) is 21.8. The highest BCUT2D eigenvalue weighted by molar-refractivity contribution is 7.62. The van der Waals surface area contributed by atoms with Crippen LogP contribution in [0.1, 0.15) is 102 Å². The highest BCUT2D eigenvalue weighted by Gasteiger charge is 2.47. The van der Waals surface area contributed by atoms with Gasteiger partial charge >= 0.3 is 7.60 Å². The van der Waals surface area contributed by atoms with E-state index in [-0.39, 0.29) is 13.2 Å². The normalized spacial score (nSPS) is 13.0. The highest BCUT2D eigenvalue weighted by Crippen LogP contribution is 2.66. The van der Waals surface area contributed by atoms with Gasteiger partial charge in [-0.05, 0) is 148 Å². The van der Waals surface area contributed by atoms with Gasteiger partial charge in [-0.25, -0.2) is 0 Å². The van der Waals surface area contributed by atoms with Crippen LogP contribution in [0.25, 0.3) is 0 Å². The fraction of sp³-hybridized carbons (Fsp3) is 0.467. The maximum absolute atomic E-state index is 13.3. The highest BCUT2D eigenvalue weighted by atomic mass is 35.6. The van der Waals surface area contributed by atoms with E-state index >= 15 is 0 Å². The standard InChI is InChI=1S/C45H58Cl3N4O5P/c1-3-5-15-37-17-21-39(22-18-37)49-51-41-25-29-43(30-26-41)54-33-11-7-9-13-35-56-58(53,45(46,47)48)57-36-14-10-8-12-34-55-44-31-27-42(28-32-44)52-50-40-23-19-38(20-24-40)16-6-4-2/h17-32H,3-16,33-36H2,1-2H3. The van der Waals surface area contributed by atoms with Crippen molar-refractivity contribution in [2.24, 2.45) is 20.5 Å². The molecular formula is C45H58Cl3N4O5P. The molecule has 0 radical (unpaired) electrons. The largest absolute Gasteiger partial charge is 0.494 e. The average Bonchev–Trinajstić information content (AvgIpc) is 3.23. The lowest BCUT2D eigenvalue weighted by molar-refractivity contribution is 0.196. The Morgan fingerprint density at radius 3 is 1.07 bits per heavy atom. The lowest BCUT2D eigenvalue weighted by atomic mass is 10.1. The summed E-state index contributed by atoms with van der Waals surface area (Å²) in [6, 6.07) is 31.6. The van der Waals surface area contributed by atoms with E-state index in [1.807, 2.05) is 72.8 Å². The Morgan fingerprint density at radius 2 is 0.759 bits per heavy atom. The number of halogens is 3. The van der Waals surface area contributed by atoms with Gasteiger partial charge in [0.2, 0.25) is 0 Å². The van der Waals surface area contributed by atoms with Crippen molar-refractivity contribution in [3.63, 3.8) is 0 Å². The van der Waals surface area contributed by atoms with Crippen molar-refractivity contribution < 1.29 is 23.1 Å². The van der Waals surface area contributed by atoms with Crippen LogP contribution in [0.4, 0.5) is 22.7 Å². The zero-order valence-corrected chi connectivity index (χ0v) is 37.0. The van der Waals surface area contributed by atoms with Crippen molar-refractivity contribution in [3.05, 3.63) is 108 Å². The minimum absolute atomic E-state index is 0.166. The van der Waals surface area contributed by atoms with E-state index in [0.29, 0.717) is 26.1 Å². The minimum Gasteiger partial charge on any atom is -0.494 e. The summed E-state index contributed by atoms with van der Waals surface area (Å²) in [7, 11) is -3.95. The molecule has 0 fully saturated rings. The molecule has 58 heavy (non-hydrogen) atoms. The Bertz CT molecular complexity index is 1700. The predicted octanol–water partition coefficient (Wildman–Crippen LogP) is 16.3. The molecular weight excluding hydrogens is 814 g/mol. The second kappa shape index (κ2) is 26.7. The van der Waals surface area contributed by atoms with Crippen LogP contribution in [-0.4, -0.2) is 30.0 Å². The van der Waals surface area contributed by atoms with Crippen LogP contribution in [0.5, 0.6) is 11.5 Å². The number of hydrogen-bond donors (Lipinski definition) is 0. The van der Waals surface area contributed by atoms with Crippen LogP contribution in [0.3, 0.4) is 0 Å². The molecule has 0 amide bonds. The van der Waals surface area contributed by atoms with Gasteiger partial charge < -0.3 is 18.5 Å². The smallest absolute Gasteiger partial charge is 0.381 e. The molecule has 0 aliphatic rings. The van der Waals surface area contributed by atoms with Crippen LogP contribution in [0.15, 0.2) is 118 Å². The predicted molar refractivity (Wildman–Crippen MR) is 239 cm³/mol. The van der Waals surface area contributed by atoms with Gasteiger partial charge in [0.15, 0.2) is 0 Å². The molecule has 4 aromatic rings. The van der Waals surface area contributed by atoms with Crippen molar-refractivity contribution in [3.8, 4) is 11.5 Å². The molecule has 0 spiro atoms. The molecule has 0 aliphatic heterocycles. The van der Waals surface area contributed by atoms with Crippen molar-refractivity contribution in [2.45, 2.75) is 107 Å². The first-order valence-electron chi connectivity index (χ1n) is 20.6. The molecule has 13 heteroatoms. The minimum atomic E-state index is -3.95. The van der Waals surface area contributed by atoms with E-state index in [1.54, 1.807) is 0 Å². The molecule has 314 valence electrons. The zero-order valence-electron chi connectivity index (χ0n) is 33.9. The Hall–Kier alpha value is -3.30. The summed E-state index contributed by atoms with van der Waals surface area (Å²) in [5.41, 5.74) is 5.83. The number of nitrogens with zero attached hydrogens (tertiary/aromatic N) is 4. The van der Waals surface area contributed by atoms with Gasteiger partial charge in [-0.15, -0.1) is 0 Å². The van der Waals surface area contributed by atoms with Gasteiger partial charge in [-0.1, -0.05) is 98.6 Å². The molecule has 0 saturated heterocycles. The number of rotatable bonds is 28. The monoisotopic (exact) mass is 870 g/mol. The third-order valence-electron chi connectivity index (χ3n) is 9.19. The number of benzene rings is 4. The van der Waals surface area contributed by atoms with Gasteiger partial charge in [0.25, 0.3) is 3.53 Å². The summed E-state index contributed by atoms with van der Waals surface area (Å²) in [6.45, 7) is 5.87. The Labute approximate surface area is 360 Å². The maximum atomic E-state index is 13.3. The third-order valence-corrected chi connectivity index (χ3v) is 12.7. The second-order valence-electron chi connectivity index (χ2n) is 14.1. The van der Waals surface area contributed by atoms with E-state index in [0.717, 1.165) is 85.6 Å². The van der Waals surface area contributed by atoms with Crippen LogP contribution in [0.2, 0.25) is 0 Å². The molecule has 0 unspecified atom stereocenters. The number of ether oxygens (including phenoxy) is 2. The zero-order chi connectivity index (χ0) is 41.3. The lowest BCUT2D eigenvalue weighted by Crippen LogP contribution is -2.12. The number of aryl methyl sites for hydroxylation is 2. The summed E-state index contributed by atoms with van der Waals surface area (Å²) in [4.78, 5) is 0. The van der Waals surface area contributed by atoms with Crippen LogP contribution >= 0.6 is 42.4 Å². The molecule has 0 N–H and O–H groups in total. The first-order valence-corrected chi connectivity index (χ1v) is 23.3. The van der Waals surface area contributed by atoms with Crippen molar-refractivity contribution in [1.82, 2.24) is 0 Å². The molecule has 0 bridgehead atoms. The maximum Gasteiger partial charge on any atom is 0.381 e. The molecule has 0 saturated carbocycles. The first kappa shape index (κ1) is 47.4. The molecule has 9 nitrogen and oxygen atoms in total. The topological polar surface area (TPSA) is 103 Å². The summed E-state index contributed by atoms with van der Waals surface area (Å²) in [5, 5.41) is 17.4. The number of hydrogen-bond acceptors (Lipinski definition) is 9. The number of azo groups is 2. The molecule has 0 atom stereocenters. The fourth-order valence-electron chi connectivity index (χ4n) is 5.72. The summed E-state index contributed by atoms with van der Waals surface area (Å²) in [5.74, 6) is 1.55. The quantitative estimate of drug-likeness (QED) is 0.0245. The Balaban J connectivity index is 1.01. The summed E-state index contributed by atoms with van der Waals surface area (Å²) >= 11 is 18.1. The lowest BCUT2D eigenvalue weighted by Gasteiger charge is -2.24. The van der Waals surface area contributed by atoms with Gasteiger partial charge in [0.1, 0.15) is 11.5 Å². The molecule has 0 aromatic heterocycles. The first-order chi connectivity index (χ1) is 28.2. The molecule has 0 heterocycles. The van der Waals surface area contributed by atoms with Crippen LogP contribution in [0, 0.1) is 0 Å². The average molecular weight is 872 g/mol. The van der Waals surface area contributed by atoms with Gasteiger partial charge in [-0.3, -0.25) is 4.57 Å². The summed E-state index contributed by atoms with van der Waals surface area (Å²) < 4.78 is 34.0. The van der Waals surface area contributed by atoms with Gasteiger partial charge in [0.05, 0.1) is 49.2 Å².